The maximum absolute atomic E-state index is 12.9. The standard InChI is InChI=1S/C19H31N5O4S/c1-3-29(26,27)23-16-9-14-11-24(18(25)21-15-7-5-4-6-8-15)12-19(14,10-16)17-20-13(2)22-28-17/h14-16,23H,3-12H2,1-2H3,(H,21,25). The van der Waals surface area contributed by atoms with Crippen LogP contribution in [-0.4, -0.2) is 60.4 Å². The van der Waals surface area contributed by atoms with Gasteiger partial charge in [-0.3, -0.25) is 0 Å². The van der Waals surface area contributed by atoms with E-state index >= 15 is 0 Å². The van der Waals surface area contributed by atoms with Crippen LogP contribution in [0.1, 0.15) is 63.6 Å². The zero-order valence-corrected chi connectivity index (χ0v) is 18.0. The molecule has 29 heavy (non-hydrogen) atoms. The summed E-state index contributed by atoms with van der Waals surface area (Å²) in [7, 11) is -3.30. The summed E-state index contributed by atoms with van der Waals surface area (Å²) in [5, 5.41) is 7.14. The van der Waals surface area contributed by atoms with Crippen LogP contribution in [0.25, 0.3) is 0 Å². The molecule has 2 saturated carbocycles. The molecule has 1 aromatic heterocycles. The fourth-order valence-corrected chi connectivity index (χ4v) is 6.15. The third-order valence-electron chi connectivity index (χ3n) is 6.77. The van der Waals surface area contributed by atoms with Crippen molar-refractivity contribution in [2.75, 3.05) is 18.8 Å². The molecular formula is C19H31N5O4S. The van der Waals surface area contributed by atoms with Gasteiger partial charge in [-0.1, -0.05) is 24.4 Å². The average Bonchev–Trinajstić information content (AvgIpc) is 3.35. The van der Waals surface area contributed by atoms with Gasteiger partial charge in [0.05, 0.1) is 11.2 Å². The molecule has 3 atom stereocenters. The minimum absolute atomic E-state index is 0.0346. The highest BCUT2D eigenvalue weighted by molar-refractivity contribution is 7.89. The second kappa shape index (κ2) is 7.86. The van der Waals surface area contributed by atoms with Crippen LogP contribution in [0.3, 0.4) is 0 Å². The van der Waals surface area contributed by atoms with Crippen LogP contribution >= 0.6 is 0 Å². The van der Waals surface area contributed by atoms with Crippen LogP contribution in [-0.2, 0) is 15.4 Å². The van der Waals surface area contributed by atoms with Crippen molar-refractivity contribution < 1.29 is 17.7 Å². The van der Waals surface area contributed by atoms with E-state index in [1.54, 1.807) is 13.8 Å². The summed E-state index contributed by atoms with van der Waals surface area (Å²) < 4.78 is 32.5. The van der Waals surface area contributed by atoms with Gasteiger partial charge in [0, 0.05) is 25.2 Å². The summed E-state index contributed by atoms with van der Waals surface area (Å²) in [5.41, 5.74) is -0.494. The van der Waals surface area contributed by atoms with E-state index < -0.39 is 15.4 Å². The van der Waals surface area contributed by atoms with E-state index in [1.807, 2.05) is 4.90 Å². The molecule has 2 amide bonds. The van der Waals surface area contributed by atoms with Gasteiger partial charge >= 0.3 is 6.03 Å². The Morgan fingerprint density at radius 1 is 1.28 bits per heavy atom. The zero-order valence-electron chi connectivity index (χ0n) is 17.2. The fraction of sp³-hybridized carbons (Fsp3) is 0.842. The van der Waals surface area contributed by atoms with Crippen molar-refractivity contribution in [2.24, 2.45) is 5.92 Å². The third-order valence-corrected chi connectivity index (χ3v) is 8.23. The number of sulfonamides is 1. The van der Waals surface area contributed by atoms with E-state index in [1.165, 1.54) is 6.42 Å². The first-order valence-corrected chi connectivity index (χ1v) is 12.3. The van der Waals surface area contributed by atoms with Gasteiger partial charge in [-0.15, -0.1) is 0 Å². The minimum atomic E-state index is -3.30. The van der Waals surface area contributed by atoms with E-state index in [4.69, 9.17) is 4.52 Å². The highest BCUT2D eigenvalue weighted by Crippen LogP contribution is 2.50. The maximum Gasteiger partial charge on any atom is 0.317 e. The Labute approximate surface area is 172 Å². The Kier molecular flexibility index (Phi) is 5.58. The van der Waals surface area contributed by atoms with Gasteiger partial charge in [0.1, 0.15) is 0 Å². The third kappa shape index (κ3) is 4.14. The number of nitrogens with zero attached hydrogens (tertiary/aromatic N) is 3. The Bertz CT molecular complexity index is 851. The molecule has 2 N–H and O–H groups in total. The van der Waals surface area contributed by atoms with Gasteiger partial charge in [0.15, 0.2) is 5.82 Å². The van der Waals surface area contributed by atoms with Crippen molar-refractivity contribution in [3.63, 3.8) is 0 Å². The van der Waals surface area contributed by atoms with Crippen LogP contribution in [0.2, 0.25) is 0 Å². The normalized spacial score (nSPS) is 30.5. The monoisotopic (exact) mass is 425 g/mol. The molecule has 0 aromatic carbocycles. The van der Waals surface area contributed by atoms with Crippen molar-refractivity contribution in [2.45, 2.75) is 76.3 Å². The number of rotatable bonds is 5. The molecule has 2 aliphatic carbocycles. The van der Waals surface area contributed by atoms with Crippen LogP contribution < -0.4 is 10.0 Å². The van der Waals surface area contributed by atoms with Crippen LogP contribution in [0.4, 0.5) is 4.79 Å². The Hall–Kier alpha value is -1.68. The maximum atomic E-state index is 12.9. The van der Waals surface area contributed by atoms with Gasteiger partial charge in [0.25, 0.3) is 0 Å². The number of urea groups is 1. The first kappa shape index (κ1) is 20.6. The largest absolute Gasteiger partial charge is 0.339 e. The van der Waals surface area contributed by atoms with E-state index in [-0.39, 0.29) is 29.8 Å². The first-order chi connectivity index (χ1) is 13.8. The molecule has 3 aliphatic rings. The molecule has 3 fully saturated rings. The van der Waals surface area contributed by atoms with E-state index in [0.29, 0.717) is 37.6 Å². The predicted molar refractivity (Wildman–Crippen MR) is 107 cm³/mol. The number of hydrogen-bond acceptors (Lipinski definition) is 6. The van der Waals surface area contributed by atoms with E-state index in [0.717, 1.165) is 25.7 Å². The number of hydrogen-bond donors (Lipinski definition) is 2. The predicted octanol–water partition coefficient (Wildman–Crippen LogP) is 1.69. The van der Waals surface area contributed by atoms with E-state index in [9.17, 15) is 13.2 Å². The van der Waals surface area contributed by atoms with Crippen molar-refractivity contribution in [1.82, 2.24) is 25.1 Å². The minimum Gasteiger partial charge on any atom is -0.339 e. The molecule has 162 valence electrons. The number of carbonyl (C=O) groups excluding carboxylic acids is 1. The second-order valence-corrected chi connectivity index (χ2v) is 10.9. The molecule has 10 heteroatoms. The quantitative estimate of drug-likeness (QED) is 0.741. The highest BCUT2D eigenvalue weighted by Gasteiger charge is 2.58. The summed E-state index contributed by atoms with van der Waals surface area (Å²) in [6.45, 7) is 4.45. The number of aromatic nitrogens is 2. The van der Waals surface area contributed by atoms with E-state index in [2.05, 4.69) is 20.2 Å². The van der Waals surface area contributed by atoms with Crippen LogP contribution in [0, 0.1) is 12.8 Å². The van der Waals surface area contributed by atoms with Gasteiger partial charge in [-0.2, -0.15) is 4.98 Å². The summed E-state index contributed by atoms with van der Waals surface area (Å²) in [6, 6.07) is 0.0377. The Balaban J connectivity index is 1.51. The lowest BCUT2D eigenvalue weighted by molar-refractivity contribution is 0.192. The number of nitrogens with one attached hydrogen (secondary N) is 2. The molecular weight excluding hydrogens is 394 g/mol. The van der Waals surface area contributed by atoms with Crippen molar-refractivity contribution in [3.8, 4) is 0 Å². The number of fused-ring (bicyclic) bond motifs is 1. The molecule has 0 radical (unpaired) electrons. The number of aryl methyl sites for hydroxylation is 1. The fourth-order valence-electron chi connectivity index (χ4n) is 5.30. The van der Waals surface area contributed by atoms with Crippen molar-refractivity contribution >= 4 is 16.1 Å². The molecule has 0 spiro atoms. The van der Waals surface area contributed by atoms with Crippen molar-refractivity contribution in [1.29, 1.82) is 0 Å². The lowest BCUT2D eigenvalue weighted by Gasteiger charge is -2.28. The van der Waals surface area contributed by atoms with Gasteiger partial charge < -0.3 is 14.7 Å². The summed E-state index contributed by atoms with van der Waals surface area (Å²) in [6.07, 6.45) is 6.87. The zero-order chi connectivity index (χ0) is 20.6. The second-order valence-electron chi connectivity index (χ2n) is 8.82. The van der Waals surface area contributed by atoms with Gasteiger partial charge in [-0.25, -0.2) is 17.9 Å². The Morgan fingerprint density at radius 2 is 2.03 bits per heavy atom. The highest BCUT2D eigenvalue weighted by atomic mass is 32.2. The van der Waals surface area contributed by atoms with Crippen molar-refractivity contribution in [3.05, 3.63) is 11.7 Å². The summed E-state index contributed by atoms with van der Waals surface area (Å²) >= 11 is 0. The molecule has 4 rings (SSSR count). The number of likely N-dealkylation sites (tertiary alicyclic amines) is 1. The topological polar surface area (TPSA) is 117 Å². The average molecular weight is 426 g/mol. The smallest absolute Gasteiger partial charge is 0.317 e. The summed E-state index contributed by atoms with van der Waals surface area (Å²) in [4.78, 5) is 19.2. The molecule has 9 nitrogen and oxygen atoms in total. The lowest BCUT2D eigenvalue weighted by Crippen LogP contribution is -2.46. The Morgan fingerprint density at radius 3 is 2.69 bits per heavy atom. The van der Waals surface area contributed by atoms with Crippen LogP contribution in [0.5, 0.6) is 0 Å². The van der Waals surface area contributed by atoms with Crippen LogP contribution in [0.15, 0.2) is 4.52 Å². The first-order valence-electron chi connectivity index (χ1n) is 10.7. The molecule has 1 saturated heterocycles. The number of amides is 2. The number of carbonyl (C=O) groups is 1. The van der Waals surface area contributed by atoms with Gasteiger partial charge in [-0.05, 0) is 45.4 Å². The molecule has 3 unspecified atom stereocenters. The molecule has 0 bridgehead atoms. The molecule has 1 aromatic rings. The lowest BCUT2D eigenvalue weighted by atomic mass is 9.80. The molecule has 1 aliphatic heterocycles. The summed E-state index contributed by atoms with van der Waals surface area (Å²) in [5.74, 6) is 1.21. The van der Waals surface area contributed by atoms with Gasteiger partial charge in [0.2, 0.25) is 15.9 Å². The molecule has 2 heterocycles. The SMILES string of the molecule is CCS(=O)(=O)NC1CC2CN(C(=O)NC3CCCCC3)CC2(c2nc(C)no2)C1.